The molecule has 1 saturated heterocycles. The van der Waals surface area contributed by atoms with E-state index >= 15 is 0 Å². The van der Waals surface area contributed by atoms with Gasteiger partial charge in [0.05, 0.1) is 11.0 Å². The van der Waals surface area contributed by atoms with Gasteiger partial charge in [0.15, 0.2) is 0 Å². The summed E-state index contributed by atoms with van der Waals surface area (Å²) in [6.45, 7) is 0.634. The lowest BCUT2D eigenvalue weighted by atomic mass is 10.2. The highest BCUT2D eigenvalue weighted by Crippen LogP contribution is 2.19. The summed E-state index contributed by atoms with van der Waals surface area (Å²) in [6.07, 6.45) is 1.69. The molecule has 0 bridgehead atoms. The summed E-state index contributed by atoms with van der Waals surface area (Å²) < 4.78 is 12.7. The fraction of sp³-hybridized carbons (Fsp3) is 0.333. The van der Waals surface area contributed by atoms with E-state index in [0.717, 1.165) is 12.8 Å². The highest BCUT2D eigenvalue weighted by atomic mass is 32.1. The van der Waals surface area contributed by atoms with Crippen molar-refractivity contribution in [2.45, 2.75) is 18.9 Å². The summed E-state index contributed by atoms with van der Waals surface area (Å²) in [7, 11) is 0. The number of hydrogen-bond acceptors (Lipinski definition) is 2. The van der Waals surface area contributed by atoms with E-state index in [1.807, 2.05) is 0 Å². The number of amides is 2. The minimum Gasteiger partial charge on any atom is -0.392 e. The topological polar surface area (TPSA) is 58.4 Å². The van der Waals surface area contributed by atoms with E-state index in [0.29, 0.717) is 17.2 Å². The lowest BCUT2D eigenvalue weighted by Crippen LogP contribution is -2.44. The van der Waals surface area contributed by atoms with E-state index in [2.05, 4.69) is 5.32 Å². The molecule has 18 heavy (non-hydrogen) atoms. The molecule has 96 valence electrons. The predicted octanol–water partition coefficient (Wildman–Crippen LogP) is 2.11. The van der Waals surface area contributed by atoms with Crippen molar-refractivity contribution in [2.24, 2.45) is 5.73 Å². The van der Waals surface area contributed by atoms with E-state index in [-0.39, 0.29) is 17.9 Å². The number of carbonyl (C=O) groups excluding carboxylic acids is 1. The summed E-state index contributed by atoms with van der Waals surface area (Å²) in [5, 5.41) is 2.70. The number of nitrogens with one attached hydrogen (secondary N) is 1. The van der Waals surface area contributed by atoms with E-state index in [1.54, 1.807) is 4.90 Å². The van der Waals surface area contributed by atoms with Gasteiger partial charge in [-0.25, -0.2) is 9.18 Å². The molecule has 0 radical (unpaired) electrons. The molecule has 2 amide bonds. The predicted molar refractivity (Wildman–Crippen MR) is 71.9 cm³/mol. The molecule has 3 N–H and O–H groups in total. The largest absolute Gasteiger partial charge is 0.392 e. The van der Waals surface area contributed by atoms with Crippen LogP contribution in [-0.4, -0.2) is 28.5 Å². The number of thiocarbonyl (C=S) groups is 1. The third-order valence-corrected chi connectivity index (χ3v) is 3.21. The zero-order valence-electron chi connectivity index (χ0n) is 9.73. The summed E-state index contributed by atoms with van der Waals surface area (Å²) in [6, 6.07) is 5.19. The Morgan fingerprint density at radius 3 is 2.72 bits per heavy atom. The van der Waals surface area contributed by atoms with Crippen LogP contribution in [0.15, 0.2) is 24.3 Å². The maximum atomic E-state index is 12.7. The normalized spacial score (nSPS) is 18.7. The summed E-state index contributed by atoms with van der Waals surface area (Å²) >= 11 is 4.94. The number of halogens is 1. The van der Waals surface area contributed by atoms with Crippen molar-refractivity contribution in [3.63, 3.8) is 0 Å². The molecule has 1 heterocycles. The number of nitrogens with zero attached hydrogens (tertiary/aromatic N) is 1. The van der Waals surface area contributed by atoms with Gasteiger partial charge in [0, 0.05) is 12.2 Å². The highest BCUT2D eigenvalue weighted by molar-refractivity contribution is 7.80. The monoisotopic (exact) mass is 267 g/mol. The first-order chi connectivity index (χ1) is 8.58. The van der Waals surface area contributed by atoms with E-state index < -0.39 is 0 Å². The van der Waals surface area contributed by atoms with Gasteiger partial charge in [-0.05, 0) is 37.1 Å². The lowest BCUT2D eigenvalue weighted by molar-refractivity contribution is 0.217. The Balaban J connectivity index is 2.03. The maximum Gasteiger partial charge on any atom is 0.322 e. The molecule has 0 aliphatic carbocycles. The van der Waals surface area contributed by atoms with Crippen molar-refractivity contribution in [2.75, 3.05) is 11.9 Å². The van der Waals surface area contributed by atoms with Crippen molar-refractivity contribution in [1.29, 1.82) is 0 Å². The van der Waals surface area contributed by atoms with Crippen LogP contribution in [0.4, 0.5) is 14.9 Å². The second kappa shape index (κ2) is 5.30. The Labute approximate surface area is 110 Å². The Hall–Kier alpha value is -1.69. The van der Waals surface area contributed by atoms with Crippen molar-refractivity contribution < 1.29 is 9.18 Å². The van der Waals surface area contributed by atoms with Gasteiger partial charge in [0.1, 0.15) is 5.82 Å². The minimum atomic E-state index is -0.338. The fourth-order valence-corrected chi connectivity index (χ4v) is 2.28. The van der Waals surface area contributed by atoms with Crippen LogP contribution in [0.1, 0.15) is 12.8 Å². The molecule has 1 aromatic rings. The molecular formula is C12H14FN3OS. The van der Waals surface area contributed by atoms with Gasteiger partial charge >= 0.3 is 6.03 Å². The average Bonchev–Trinajstić information content (AvgIpc) is 2.81. The van der Waals surface area contributed by atoms with Crippen molar-refractivity contribution in [3.05, 3.63) is 30.1 Å². The van der Waals surface area contributed by atoms with Crippen LogP contribution >= 0.6 is 12.2 Å². The smallest absolute Gasteiger partial charge is 0.322 e. The van der Waals surface area contributed by atoms with E-state index in [1.165, 1.54) is 24.3 Å². The van der Waals surface area contributed by atoms with Gasteiger partial charge in [-0.15, -0.1) is 0 Å². The summed E-state index contributed by atoms with van der Waals surface area (Å²) in [5.41, 5.74) is 6.15. The number of hydrogen-bond donors (Lipinski definition) is 2. The van der Waals surface area contributed by atoms with Crippen LogP contribution in [0, 0.1) is 5.82 Å². The van der Waals surface area contributed by atoms with Crippen LogP contribution < -0.4 is 11.1 Å². The van der Waals surface area contributed by atoms with Crippen LogP contribution in [0.5, 0.6) is 0 Å². The third kappa shape index (κ3) is 2.76. The number of urea groups is 1. The number of likely N-dealkylation sites (tertiary alicyclic amines) is 1. The number of anilines is 1. The molecule has 0 spiro atoms. The van der Waals surface area contributed by atoms with Crippen molar-refractivity contribution >= 4 is 28.9 Å². The zero-order valence-corrected chi connectivity index (χ0v) is 10.5. The standard InChI is InChI=1S/C12H14FN3OS/c13-8-3-5-9(6-4-8)15-12(17)16-7-1-2-10(16)11(14)18/h3-6,10H,1-2,7H2,(H2,14,18)(H,15,17). The molecule has 0 saturated carbocycles. The number of carbonyl (C=O) groups is 1. The molecule has 2 rings (SSSR count). The van der Waals surface area contributed by atoms with Crippen molar-refractivity contribution in [3.8, 4) is 0 Å². The fourth-order valence-electron chi connectivity index (χ4n) is 2.03. The Bertz CT molecular complexity index is 463. The Morgan fingerprint density at radius 2 is 2.11 bits per heavy atom. The summed E-state index contributed by atoms with van der Waals surface area (Å²) in [4.78, 5) is 14.0. The minimum absolute atomic E-state index is 0.180. The molecule has 1 aliphatic rings. The van der Waals surface area contributed by atoms with Crippen LogP contribution in [-0.2, 0) is 0 Å². The van der Waals surface area contributed by atoms with Crippen LogP contribution in [0.25, 0.3) is 0 Å². The van der Waals surface area contributed by atoms with Gasteiger partial charge in [-0.1, -0.05) is 12.2 Å². The van der Waals surface area contributed by atoms with Crippen LogP contribution in [0.3, 0.4) is 0 Å². The summed E-state index contributed by atoms with van der Waals surface area (Å²) in [5.74, 6) is -0.338. The van der Waals surface area contributed by atoms with Crippen LogP contribution in [0.2, 0.25) is 0 Å². The molecule has 1 unspecified atom stereocenters. The second-order valence-corrected chi connectivity index (χ2v) is 4.66. The maximum absolute atomic E-state index is 12.7. The Kier molecular flexibility index (Phi) is 3.76. The first-order valence-corrected chi connectivity index (χ1v) is 6.11. The third-order valence-electron chi connectivity index (χ3n) is 2.94. The van der Waals surface area contributed by atoms with Gasteiger partial charge in [-0.2, -0.15) is 0 Å². The molecule has 1 atom stereocenters. The van der Waals surface area contributed by atoms with Gasteiger partial charge in [-0.3, -0.25) is 0 Å². The van der Waals surface area contributed by atoms with E-state index in [9.17, 15) is 9.18 Å². The SMILES string of the molecule is NC(=S)C1CCCN1C(=O)Nc1ccc(F)cc1. The molecule has 1 aliphatic heterocycles. The first-order valence-electron chi connectivity index (χ1n) is 5.70. The quantitative estimate of drug-likeness (QED) is 0.807. The Morgan fingerprint density at radius 1 is 1.44 bits per heavy atom. The molecular weight excluding hydrogens is 253 g/mol. The van der Waals surface area contributed by atoms with E-state index in [4.69, 9.17) is 18.0 Å². The van der Waals surface area contributed by atoms with Gasteiger partial charge < -0.3 is 16.0 Å². The second-order valence-electron chi connectivity index (χ2n) is 4.19. The van der Waals surface area contributed by atoms with Crippen molar-refractivity contribution in [1.82, 2.24) is 4.90 Å². The average molecular weight is 267 g/mol. The van der Waals surface area contributed by atoms with Gasteiger partial charge in [0.2, 0.25) is 0 Å². The number of rotatable bonds is 2. The number of nitrogens with two attached hydrogens (primary N) is 1. The molecule has 1 fully saturated rings. The first kappa shape index (κ1) is 12.8. The lowest BCUT2D eigenvalue weighted by Gasteiger charge is -2.23. The molecule has 0 aromatic heterocycles. The van der Waals surface area contributed by atoms with Gasteiger partial charge in [0.25, 0.3) is 0 Å². The molecule has 6 heteroatoms. The highest BCUT2D eigenvalue weighted by Gasteiger charge is 2.30. The molecule has 1 aromatic carbocycles. The molecule has 4 nitrogen and oxygen atoms in total. The number of benzene rings is 1. The zero-order chi connectivity index (χ0) is 13.1.